The van der Waals surface area contributed by atoms with Crippen molar-refractivity contribution in [3.8, 4) is 0 Å². The minimum atomic E-state index is -1.11. The average Bonchev–Trinajstić information content (AvgIpc) is 2.66. The molecular weight excluding hydrogens is 386 g/mol. The number of primary amides is 1. The summed E-state index contributed by atoms with van der Waals surface area (Å²) in [4.78, 5) is 48.2. The zero-order valence-electron chi connectivity index (χ0n) is 18.1. The lowest BCUT2D eigenvalue weighted by molar-refractivity contribution is -0.135. The summed E-state index contributed by atoms with van der Waals surface area (Å²) in [5, 5.41) is 5.35. The van der Waals surface area contributed by atoms with Crippen LogP contribution in [0.15, 0.2) is 30.3 Å². The van der Waals surface area contributed by atoms with Crippen LogP contribution >= 0.6 is 0 Å². The Labute approximate surface area is 177 Å². The fourth-order valence-electron chi connectivity index (χ4n) is 3.04. The van der Waals surface area contributed by atoms with Gasteiger partial charge in [0.05, 0.1) is 6.04 Å². The van der Waals surface area contributed by atoms with E-state index in [-0.39, 0.29) is 24.7 Å². The van der Waals surface area contributed by atoms with Crippen molar-refractivity contribution in [1.29, 1.82) is 0 Å². The van der Waals surface area contributed by atoms with Crippen molar-refractivity contribution in [1.82, 2.24) is 10.6 Å². The molecule has 0 aliphatic rings. The predicted octanol–water partition coefficient (Wildman–Crippen LogP) is 1.95. The second kappa shape index (κ2) is 12.6. The molecule has 0 fully saturated rings. The molecule has 3 atom stereocenters. The third kappa shape index (κ3) is 9.54. The number of carbonyl (C=O) groups is 4. The normalized spacial score (nSPS) is 13.9. The summed E-state index contributed by atoms with van der Waals surface area (Å²) in [6.07, 6.45) is -0.502. The summed E-state index contributed by atoms with van der Waals surface area (Å²) in [5.41, 5.74) is 5.93. The standard InChI is InChI=1S/C22H33N3O5/c1-14(2)10-17(13-26)24-20(27)18(12-16-8-6-5-7-9-16)25-21(28)19(11-15(3)4)30-22(23)29/h5-9,13-15,17-19H,10-12H2,1-4H3,(H2,23,29)(H,24,27)(H,25,28)/t17-,18-,19-/m0/s1. The minimum absolute atomic E-state index is 0.0620. The lowest BCUT2D eigenvalue weighted by Crippen LogP contribution is -2.54. The number of carbonyl (C=O) groups excluding carboxylic acids is 4. The zero-order valence-corrected chi connectivity index (χ0v) is 18.1. The van der Waals surface area contributed by atoms with Gasteiger partial charge in [-0.05, 0) is 30.2 Å². The van der Waals surface area contributed by atoms with Gasteiger partial charge in [0.15, 0.2) is 6.10 Å². The number of hydrogen-bond acceptors (Lipinski definition) is 5. The molecule has 166 valence electrons. The molecule has 1 aromatic rings. The number of nitrogens with one attached hydrogen (secondary N) is 2. The van der Waals surface area contributed by atoms with Crippen LogP contribution in [0.1, 0.15) is 46.1 Å². The molecule has 0 radical (unpaired) electrons. The van der Waals surface area contributed by atoms with E-state index in [0.29, 0.717) is 12.7 Å². The van der Waals surface area contributed by atoms with Crippen molar-refractivity contribution in [3.05, 3.63) is 35.9 Å². The zero-order chi connectivity index (χ0) is 22.7. The minimum Gasteiger partial charge on any atom is -0.436 e. The molecule has 0 aromatic heterocycles. The molecule has 0 spiro atoms. The SMILES string of the molecule is CC(C)C[C@@H](C=O)NC(=O)[C@H](Cc1ccccc1)NC(=O)[C@H](CC(C)C)OC(N)=O. The Hall–Kier alpha value is -2.90. The van der Waals surface area contributed by atoms with Crippen molar-refractivity contribution in [2.75, 3.05) is 0 Å². The fourth-order valence-corrected chi connectivity index (χ4v) is 3.04. The van der Waals surface area contributed by atoms with E-state index in [1.807, 2.05) is 58.0 Å². The maximum Gasteiger partial charge on any atom is 0.405 e. The number of amides is 3. The van der Waals surface area contributed by atoms with Gasteiger partial charge in [0.1, 0.15) is 12.3 Å². The van der Waals surface area contributed by atoms with Crippen LogP contribution in [0.5, 0.6) is 0 Å². The van der Waals surface area contributed by atoms with E-state index in [1.165, 1.54) is 0 Å². The first-order valence-electron chi connectivity index (χ1n) is 10.2. The van der Waals surface area contributed by atoms with Gasteiger partial charge in [-0.2, -0.15) is 0 Å². The number of benzene rings is 1. The van der Waals surface area contributed by atoms with Crippen LogP contribution < -0.4 is 16.4 Å². The first-order chi connectivity index (χ1) is 14.1. The van der Waals surface area contributed by atoms with Crippen molar-refractivity contribution < 1.29 is 23.9 Å². The van der Waals surface area contributed by atoms with Crippen molar-refractivity contribution in [3.63, 3.8) is 0 Å². The predicted molar refractivity (Wildman–Crippen MR) is 113 cm³/mol. The molecule has 1 aromatic carbocycles. The molecule has 0 aliphatic carbocycles. The molecule has 1 rings (SSSR count). The highest BCUT2D eigenvalue weighted by molar-refractivity contribution is 5.91. The number of rotatable bonds is 12. The van der Waals surface area contributed by atoms with Crippen molar-refractivity contribution in [2.24, 2.45) is 17.6 Å². The maximum atomic E-state index is 12.9. The number of hydrogen-bond donors (Lipinski definition) is 3. The van der Waals surface area contributed by atoms with E-state index in [0.717, 1.165) is 5.56 Å². The average molecular weight is 420 g/mol. The largest absolute Gasteiger partial charge is 0.436 e. The van der Waals surface area contributed by atoms with Gasteiger partial charge in [-0.3, -0.25) is 9.59 Å². The number of ether oxygens (including phenoxy) is 1. The molecule has 0 saturated heterocycles. The van der Waals surface area contributed by atoms with E-state index < -0.39 is 36.1 Å². The molecular formula is C22H33N3O5. The Balaban J connectivity index is 3.00. The summed E-state index contributed by atoms with van der Waals surface area (Å²) in [7, 11) is 0. The Morgan fingerprint density at radius 1 is 0.967 bits per heavy atom. The van der Waals surface area contributed by atoms with Gasteiger partial charge in [-0.15, -0.1) is 0 Å². The summed E-state index contributed by atoms with van der Waals surface area (Å²) in [5.74, 6) is -0.813. The van der Waals surface area contributed by atoms with Crippen LogP contribution in [-0.2, 0) is 25.5 Å². The molecule has 0 unspecified atom stereocenters. The van der Waals surface area contributed by atoms with E-state index in [2.05, 4.69) is 10.6 Å². The molecule has 0 aliphatic heterocycles. The molecule has 0 saturated carbocycles. The van der Waals surface area contributed by atoms with Gasteiger partial charge >= 0.3 is 6.09 Å². The van der Waals surface area contributed by atoms with Gasteiger partial charge in [0, 0.05) is 6.42 Å². The maximum absolute atomic E-state index is 12.9. The Morgan fingerprint density at radius 3 is 2.07 bits per heavy atom. The Kier molecular flexibility index (Phi) is 10.6. The topological polar surface area (TPSA) is 128 Å². The summed E-state index contributed by atoms with van der Waals surface area (Å²) >= 11 is 0. The van der Waals surface area contributed by atoms with Crippen molar-refractivity contribution >= 4 is 24.2 Å². The highest BCUT2D eigenvalue weighted by Gasteiger charge is 2.29. The van der Waals surface area contributed by atoms with Crippen LogP contribution in [0.4, 0.5) is 4.79 Å². The lowest BCUT2D eigenvalue weighted by atomic mass is 10.0. The van der Waals surface area contributed by atoms with Gasteiger partial charge in [-0.1, -0.05) is 58.0 Å². The van der Waals surface area contributed by atoms with Crippen LogP contribution in [0.2, 0.25) is 0 Å². The number of nitrogens with two attached hydrogens (primary N) is 1. The summed E-state index contributed by atoms with van der Waals surface area (Å²) in [6, 6.07) is 7.59. The lowest BCUT2D eigenvalue weighted by Gasteiger charge is -2.24. The van der Waals surface area contributed by atoms with Crippen LogP contribution in [0, 0.1) is 11.8 Å². The van der Waals surface area contributed by atoms with Crippen molar-refractivity contribution in [2.45, 2.75) is 65.1 Å². The molecule has 0 bridgehead atoms. The highest BCUT2D eigenvalue weighted by Crippen LogP contribution is 2.11. The monoisotopic (exact) mass is 419 g/mol. The Bertz CT molecular complexity index is 706. The van der Waals surface area contributed by atoms with E-state index in [4.69, 9.17) is 10.5 Å². The molecule has 4 N–H and O–H groups in total. The number of aldehydes is 1. The highest BCUT2D eigenvalue weighted by atomic mass is 16.6. The van der Waals surface area contributed by atoms with Gasteiger partial charge in [0.25, 0.3) is 5.91 Å². The fraction of sp³-hybridized carbons (Fsp3) is 0.545. The van der Waals surface area contributed by atoms with E-state index in [1.54, 1.807) is 0 Å². The first-order valence-corrected chi connectivity index (χ1v) is 10.2. The quantitative estimate of drug-likeness (QED) is 0.446. The molecule has 3 amide bonds. The van der Waals surface area contributed by atoms with Crippen LogP contribution in [0.3, 0.4) is 0 Å². The van der Waals surface area contributed by atoms with Crippen LogP contribution in [0.25, 0.3) is 0 Å². The van der Waals surface area contributed by atoms with Crippen LogP contribution in [-0.4, -0.2) is 42.4 Å². The summed E-state index contributed by atoms with van der Waals surface area (Å²) in [6.45, 7) is 7.64. The second-order valence-corrected chi connectivity index (χ2v) is 8.19. The van der Waals surface area contributed by atoms with E-state index in [9.17, 15) is 19.2 Å². The Morgan fingerprint density at radius 2 is 1.57 bits per heavy atom. The molecule has 8 nitrogen and oxygen atoms in total. The smallest absolute Gasteiger partial charge is 0.405 e. The molecule has 30 heavy (non-hydrogen) atoms. The summed E-state index contributed by atoms with van der Waals surface area (Å²) < 4.78 is 4.95. The van der Waals surface area contributed by atoms with Gasteiger partial charge < -0.3 is 25.9 Å². The third-order valence-corrected chi connectivity index (χ3v) is 4.37. The van der Waals surface area contributed by atoms with E-state index >= 15 is 0 Å². The molecule has 0 heterocycles. The second-order valence-electron chi connectivity index (χ2n) is 8.19. The van der Waals surface area contributed by atoms with Gasteiger partial charge in [-0.25, -0.2) is 4.79 Å². The third-order valence-electron chi connectivity index (χ3n) is 4.37. The first kappa shape index (κ1) is 25.1. The van der Waals surface area contributed by atoms with Gasteiger partial charge in [0.2, 0.25) is 5.91 Å². The molecule has 8 heteroatoms.